The molecule has 2 aromatic heterocycles. The highest BCUT2D eigenvalue weighted by molar-refractivity contribution is 6.30. The number of hydrogen-bond acceptors (Lipinski definition) is 5. The molecule has 0 spiro atoms. The van der Waals surface area contributed by atoms with E-state index in [0.717, 1.165) is 24.7 Å². The number of amides is 1. The van der Waals surface area contributed by atoms with E-state index in [2.05, 4.69) is 15.1 Å². The fraction of sp³-hybridized carbons (Fsp3) is 0.333. The molecule has 8 nitrogen and oxygen atoms in total. The van der Waals surface area contributed by atoms with E-state index >= 15 is 0 Å². The Kier molecular flexibility index (Phi) is 4.91. The summed E-state index contributed by atoms with van der Waals surface area (Å²) in [4.78, 5) is 29.0. The SMILES string of the molecule is O=C(Cn1ncn2nccc2c1=O)N1CCN(Cc2ccc(Cl)cc2)CC1. The van der Waals surface area contributed by atoms with E-state index < -0.39 is 0 Å². The lowest BCUT2D eigenvalue weighted by molar-refractivity contribution is -0.133. The second-order valence-corrected chi connectivity index (χ2v) is 6.97. The van der Waals surface area contributed by atoms with Crippen LogP contribution < -0.4 is 5.56 Å². The summed E-state index contributed by atoms with van der Waals surface area (Å²) in [6.07, 6.45) is 2.97. The maximum absolute atomic E-state index is 12.6. The molecule has 0 unspecified atom stereocenters. The largest absolute Gasteiger partial charge is 0.339 e. The van der Waals surface area contributed by atoms with Crippen LogP contribution in [0, 0.1) is 0 Å². The zero-order valence-electron chi connectivity index (χ0n) is 14.7. The topological polar surface area (TPSA) is 75.7 Å². The Morgan fingerprint density at radius 2 is 1.78 bits per heavy atom. The highest BCUT2D eigenvalue weighted by Gasteiger charge is 2.22. The van der Waals surface area contributed by atoms with Gasteiger partial charge in [-0.2, -0.15) is 10.2 Å². The van der Waals surface area contributed by atoms with E-state index in [-0.39, 0.29) is 18.0 Å². The predicted octanol–water partition coefficient (Wildman–Crippen LogP) is 0.889. The van der Waals surface area contributed by atoms with Gasteiger partial charge in [0.05, 0.1) is 6.20 Å². The first-order chi connectivity index (χ1) is 13.1. The van der Waals surface area contributed by atoms with Crippen LogP contribution in [0.2, 0.25) is 5.02 Å². The summed E-state index contributed by atoms with van der Waals surface area (Å²) in [5.74, 6) is -0.0976. The van der Waals surface area contributed by atoms with Gasteiger partial charge in [-0.15, -0.1) is 0 Å². The first-order valence-corrected chi connectivity index (χ1v) is 9.12. The van der Waals surface area contributed by atoms with Crippen LogP contribution in [0.3, 0.4) is 0 Å². The average molecular weight is 387 g/mol. The van der Waals surface area contributed by atoms with E-state index in [1.54, 1.807) is 11.0 Å². The molecule has 0 radical (unpaired) electrons. The smallest absolute Gasteiger partial charge is 0.293 e. The van der Waals surface area contributed by atoms with Crippen LogP contribution in [0.25, 0.3) is 5.52 Å². The lowest BCUT2D eigenvalue weighted by atomic mass is 10.2. The Hall–Kier alpha value is -2.71. The molecule has 0 bridgehead atoms. The van der Waals surface area contributed by atoms with E-state index in [1.807, 2.05) is 24.3 Å². The van der Waals surface area contributed by atoms with Gasteiger partial charge in [0.15, 0.2) is 0 Å². The van der Waals surface area contributed by atoms with E-state index in [1.165, 1.54) is 27.3 Å². The van der Waals surface area contributed by atoms with Gasteiger partial charge in [-0.1, -0.05) is 23.7 Å². The van der Waals surface area contributed by atoms with Gasteiger partial charge in [0, 0.05) is 37.7 Å². The fourth-order valence-electron chi connectivity index (χ4n) is 3.22. The molecule has 1 fully saturated rings. The normalized spacial score (nSPS) is 15.4. The Morgan fingerprint density at radius 1 is 1.04 bits per heavy atom. The maximum atomic E-state index is 12.6. The molecule has 4 rings (SSSR count). The molecule has 3 aromatic rings. The summed E-state index contributed by atoms with van der Waals surface area (Å²) < 4.78 is 2.60. The highest BCUT2D eigenvalue weighted by atomic mass is 35.5. The van der Waals surface area contributed by atoms with Gasteiger partial charge in [0.25, 0.3) is 5.56 Å². The van der Waals surface area contributed by atoms with Crippen molar-refractivity contribution in [2.45, 2.75) is 13.1 Å². The van der Waals surface area contributed by atoms with Crippen molar-refractivity contribution in [2.24, 2.45) is 0 Å². The molecule has 0 N–H and O–H groups in total. The number of benzene rings is 1. The van der Waals surface area contributed by atoms with Gasteiger partial charge < -0.3 is 4.90 Å². The molecule has 0 atom stereocenters. The summed E-state index contributed by atoms with van der Waals surface area (Å²) >= 11 is 5.92. The van der Waals surface area contributed by atoms with Crippen LogP contribution in [0.1, 0.15) is 5.56 Å². The monoisotopic (exact) mass is 386 g/mol. The molecule has 0 aliphatic carbocycles. The quantitative estimate of drug-likeness (QED) is 0.665. The molecular weight excluding hydrogens is 368 g/mol. The number of nitrogens with zero attached hydrogens (tertiary/aromatic N) is 6. The van der Waals surface area contributed by atoms with Crippen molar-refractivity contribution in [3.63, 3.8) is 0 Å². The Bertz CT molecular complexity index is 1000. The van der Waals surface area contributed by atoms with Crippen molar-refractivity contribution in [1.29, 1.82) is 0 Å². The lowest BCUT2D eigenvalue weighted by Gasteiger charge is -2.34. The Labute approximate surface area is 160 Å². The van der Waals surface area contributed by atoms with Crippen molar-refractivity contribution in [2.75, 3.05) is 26.2 Å². The maximum Gasteiger partial charge on any atom is 0.293 e. The van der Waals surface area contributed by atoms with Crippen LogP contribution in [-0.2, 0) is 17.9 Å². The van der Waals surface area contributed by atoms with Crippen LogP contribution in [-0.4, -0.2) is 61.3 Å². The molecule has 140 valence electrons. The van der Waals surface area contributed by atoms with Crippen molar-refractivity contribution in [1.82, 2.24) is 29.2 Å². The third-order valence-electron chi connectivity index (χ3n) is 4.75. The first kappa shape index (κ1) is 17.7. The zero-order chi connectivity index (χ0) is 18.8. The van der Waals surface area contributed by atoms with Crippen molar-refractivity contribution in [3.8, 4) is 0 Å². The number of piperazine rings is 1. The summed E-state index contributed by atoms with van der Waals surface area (Å²) in [5.41, 5.74) is 1.29. The molecule has 1 aliphatic heterocycles. The number of rotatable bonds is 4. The minimum absolute atomic E-state index is 0.0578. The molecule has 3 heterocycles. The second kappa shape index (κ2) is 7.50. The number of carbonyl (C=O) groups is 1. The third-order valence-corrected chi connectivity index (χ3v) is 5.01. The van der Waals surface area contributed by atoms with Gasteiger partial charge in [-0.25, -0.2) is 9.20 Å². The fourth-order valence-corrected chi connectivity index (χ4v) is 3.34. The van der Waals surface area contributed by atoms with Gasteiger partial charge in [-0.05, 0) is 23.8 Å². The lowest BCUT2D eigenvalue weighted by Crippen LogP contribution is -2.49. The zero-order valence-corrected chi connectivity index (χ0v) is 15.4. The molecule has 27 heavy (non-hydrogen) atoms. The number of carbonyl (C=O) groups excluding carboxylic acids is 1. The Morgan fingerprint density at radius 3 is 2.52 bits per heavy atom. The third kappa shape index (κ3) is 3.86. The summed E-state index contributed by atoms with van der Waals surface area (Å²) in [6, 6.07) is 9.42. The van der Waals surface area contributed by atoms with Gasteiger partial charge in [0.2, 0.25) is 5.91 Å². The van der Waals surface area contributed by atoms with Crippen molar-refractivity contribution >= 4 is 23.0 Å². The van der Waals surface area contributed by atoms with Crippen LogP contribution in [0.5, 0.6) is 0 Å². The highest BCUT2D eigenvalue weighted by Crippen LogP contribution is 2.13. The van der Waals surface area contributed by atoms with Crippen LogP contribution in [0.4, 0.5) is 0 Å². The van der Waals surface area contributed by atoms with E-state index in [0.29, 0.717) is 18.6 Å². The number of fused-ring (bicyclic) bond motifs is 1. The minimum atomic E-state index is -0.315. The van der Waals surface area contributed by atoms with Crippen LogP contribution >= 0.6 is 11.6 Å². The van der Waals surface area contributed by atoms with E-state index in [9.17, 15) is 9.59 Å². The van der Waals surface area contributed by atoms with Crippen LogP contribution in [0.15, 0.2) is 47.7 Å². The van der Waals surface area contributed by atoms with Gasteiger partial charge >= 0.3 is 0 Å². The molecular formula is C18H19ClN6O2. The Balaban J connectivity index is 1.34. The predicted molar refractivity (Wildman–Crippen MR) is 101 cm³/mol. The molecule has 9 heteroatoms. The molecule has 1 aromatic carbocycles. The molecule has 1 saturated heterocycles. The van der Waals surface area contributed by atoms with Crippen molar-refractivity contribution in [3.05, 3.63) is 63.8 Å². The average Bonchev–Trinajstić information content (AvgIpc) is 3.16. The number of halogens is 1. The van der Waals surface area contributed by atoms with Crippen molar-refractivity contribution < 1.29 is 4.79 Å². The first-order valence-electron chi connectivity index (χ1n) is 8.74. The summed E-state index contributed by atoms with van der Waals surface area (Å²) in [7, 11) is 0. The second-order valence-electron chi connectivity index (χ2n) is 6.54. The van der Waals surface area contributed by atoms with Gasteiger partial charge in [-0.3, -0.25) is 14.5 Å². The van der Waals surface area contributed by atoms with Gasteiger partial charge in [0.1, 0.15) is 18.4 Å². The summed E-state index contributed by atoms with van der Waals surface area (Å²) in [6.45, 7) is 3.62. The standard InChI is InChI=1S/C18H19ClN6O2/c19-15-3-1-14(2-4-15)11-22-7-9-23(10-8-22)17(26)12-24-18(27)16-5-6-20-25(16)13-21-24/h1-6,13H,7-12H2. The van der Waals surface area contributed by atoms with E-state index in [4.69, 9.17) is 11.6 Å². The number of hydrogen-bond donors (Lipinski definition) is 0. The summed E-state index contributed by atoms with van der Waals surface area (Å²) in [5, 5.41) is 8.73. The minimum Gasteiger partial charge on any atom is -0.339 e. The molecule has 1 amide bonds. The molecule has 1 aliphatic rings. The molecule has 0 saturated carbocycles. The number of aromatic nitrogens is 4.